The Balaban J connectivity index is 2.08. The fourth-order valence-corrected chi connectivity index (χ4v) is 5.95. The first-order valence-electron chi connectivity index (χ1n) is 8.11. The van der Waals surface area contributed by atoms with E-state index in [1.807, 2.05) is 19.1 Å². The van der Waals surface area contributed by atoms with Gasteiger partial charge in [-0.15, -0.1) is 0 Å². The zero-order valence-corrected chi connectivity index (χ0v) is 14.6. The number of benzene rings is 2. The van der Waals surface area contributed by atoms with Gasteiger partial charge in [0.15, 0.2) is 9.84 Å². The van der Waals surface area contributed by atoms with Crippen molar-refractivity contribution in [2.75, 3.05) is 6.61 Å². The van der Waals surface area contributed by atoms with Crippen LogP contribution in [0.15, 0.2) is 59.5 Å². The number of sulfone groups is 1. The van der Waals surface area contributed by atoms with Crippen molar-refractivity contribution >= 4 is 15.8 Å². The summed E-state index contributed by atoms with van der Waals surface area (Å²) in [6.07, 6.45) is 0.834. The topological polar surface area (TPSA) is 91.7 Å². The van der Waals surface area contributed by atoms with E-state index in [2.05, 4.69) is 0 Å². The second-order valence-electron chi connectivity index (χ2n) is 6.36. The lowest BCUT2D eigenvalue weighted by Crippen LogP contribution is -2.27. The summed E-state index contributed by atoms with van der Waals surface area (Å²) in [4.78, 5) is 12.0. The standard InChI is InChI=1S/C19H20O5S/c1-2-13-8-10-14(11-9-13)16-17(19(16,12-20)18(21)22)25(23,24)15-6-4-3-5-7-15/h3-11,16-17,20H,2,12H2,1H3,(H,21,22)/t16-,17+,19-/m0/s1. The Morgan fingerprint density at radius 2 is 1.68 bits per heavy atom. The molecule has 0 unspecified atom stereocenters. The molecule has 25 heavy (non-hydrogen) atoms. The molecule has 5 nitrogen and oxygen atoms in total. The van der Waals surface area contributed by atoms with Crippen LogP contribution in [0.5, 0.6) is 0 Å². The molecule has 0 aliphatic heterocycles. The maximum absolute atomic E-state index is 13.0. The van der Waals surface area contributed by atoms with Crippen LogP contribution in [0.4, 0.5) is 0 Å². The van der Waals surface area contributed by atoms with Crippen LogP contribution in [0.3, 0.4) is 0 Å². The smallest absolute Gasteiger partial charge is 0.314 e. The number of carboxylic acid groups (broad SMARTS) is 1. The maximum atomic E-state index is 13.0. The van der Waals surface area contributed by atoms with Gasteiger partial charge in [-0.25, -0.2) is 8.42 Å². The van der Waals surface area contributed by atoms with Crippen LogP contribution in [0.2, 0.25) is 0 Å². The van der Waals surface area contributed by atoms with E-state index in [0.717, 1.165) is 12.0 Å². The molecule has 0 heterocycles. The zero-order chi connectivity index (χ0) is 18.2. The Morgan fingerprint density at radius 1 is 1.08 bits per heavy atom. The van der Waals surface area contributed by atoms with E-state index in [1.54, 1.807) is 30.3 Å². The van der Waals surface area contributed by atoms with Gasteiger partial charge in [0, 0.05) is 5.92 Å². The number of aliphatic hydroxyl groups excluding tert-OH is 1. The van der Waals surface area contributed by atoms with Crippen molar-refractivity contribution in [2.45, 2.75) is 29.4 Å². The normalized spacial score (nSPS) is 25.5. The summed E-state index contributed by atoms with van der Waals surface area (Å²) < 4.78 is 26.0. The minimum absolute atomic E-state index is 0.0757. The van der Waals surface area contributed by atoms with Crippen LogP contribution < -0.4 is 0 Å². The summed E-state index contributed by atoms with van der Waals surface area (Å²) in [7, 11) is -3.88. The van der Waals surface area contributed by atoms with Crippen LogP contribution in [0.1, 0.15) is 24.0 Å². The number of carboxylic acids is 1. The summed E-state index contributed by atoms with van der Waals surface area (Å²) in [6.45, 7) is 1.28. The second-order valence-corrected chi connectivity index (χ2v) is 8.42. The highest BCUT2D eigenvalue weighted by Gasteiger charge is 2.75. The van der Waals surface area contributed by atoms with Crippen molar-refractivity contribution in [1.82, 2.24) is 0 Å². The highest BCUT2D eigenvalue weighted by Crippen LogP contribution is 2.64. The SMILES string of the molecule is CCc1ccc([C@H]2[C@@H](S(=O)(=O)c3ccccc3)[C@@]2(CO)C(=O)O)cc1. The van der Waals surface area contributed by atoms with Crippen molar-refractivity contribution in [3.8, 4) is 0 Å². The number of aryl methyl sites for hydroxylation is 1. The van der Waals surface area contributed by atoms with Crippen molar-refractivity contribution in [3.05, 3.63) is 65.7 Å². The van der Waals surface area contributed by atoms with Gasteiger partial charge in [0.2, 0.25) is 0 Å². The van der Waals surface area contributed by atoms with Crippen molar-refractivity contribution < 1.29 is 23.4 Å². The summed E-state index contributed by atoms with van der Waals surface area (Å²) >= 11 is 0. The molecule has 0 saturated heterocycles. The van der Waals surface area contributed by atoms with Gasteiger partial charge >= 0.3 is 5.97 Å². The first-order chi connectivity index (χ1) is 11.9. The molecule has 132 valence electrons. The molecular weight excluding hydrogens is 340 g/mol. The third-order valence-corrected chi connectivity index (χ3v) is 7.36. The molecule has 6 heteroatoms. The van der Waals surface area contributed by atoms with Crippen LogP contribution in [0, 0.1) is 5.41 Å². The molecule has 0 amide bonds. The molecule has 1 saturated carbocycles. The predicted octanol–water partition coefficient (Wildman–Crippen LogP) is 2.25. The molecule has 0 radical (unpaired) electrons. The van der Waals surface area contributed by atoms with Crippen LogP contribution in [-0.2, 0) is 21.1 Å². The first-order valence-corrected chi connectivity index (χ1v) is 9.66. The number of hydrogen-bond donors (Lipinski definition) is 2. The molecule has 0 spiro atoms. The lowest BCUT2D eigenvalue weighted by atomic mass is 9.99. The molecular formula is C19H20O5S. The number of aliphatic hydroxyl groups is 1. The van der Waals surface area contributed by atoms with E-state index < -0.39 is 39.0 Å². The lowest BCUT2D eigenvalue weighted by Gasteiger charge is -2.09. The quantitative estimate of drug-likeness (QED) is 0.824. The third-order valence-electron chi connectivity index (χ3n) is 5.07. The van der Waals surface area contributed by atoms with Gasteiger partial charge in [-0.1, -0.05) is 49.4 Å². The first kappa shape index (κ1) is 17.6. The van der Waals surface area contributed by atoms with Gasteiger partial charge < -0.3 is 10.2 Å². The molecule has 1 aliphatic carbocycles. The molecule has 3 rings (SSSR count). The van der Waals surface area contributed by atoms with E-state index in [0.29, 0.717) is 5.56 Å². The van der Waals surface area contributed by atoms with Gasteiger partial charge in [0.05, 0.1) is 16.8 Å². The van der Waals surface area contributed by atoms with E-state index >= 15 is 0 Å². The minimum atomic E-state index is -3.88. The van der Waals surface area contributed by atoms with E-state index in [9.17, 15) is 23.4 Å². The fraction of sp³-hybridized carbons (Fsp3) is 0.316. The third kappa shape index (κ3) is 2.65. The van der Waals surface area contributed by atoms with Gasteiger partial charge in [-0.05, 0) is 29.7 Å². The summed E-state index contributed by atoms with van der Waals surface area (Å²) in [5.74, 6) is -2.06. The van der Waals surface area contributed by atoms with Gasteiger partial charge in [0.1, 0.15) is 5.41 Å². The molecule has 2 aromatic rings. The fourth-order valence-electron chi connectivity index (χ4n) is 3.56. The van der Waals surface area contributed by atoms with Crippen LogP contribution in [0.25, 0.3) is 0 Å². The van der Waals surface area contributed by atoms with Crippen molar-refractivity contribution in [2.24, 2.45) is 5.41 Å². The van der Waals surface area contributed by atoms with E-state index in [-0.39, 0.29) is 4.90 Å². The van der Waals surface area contributed by atoms with Crippen molar-refractivity contribution in [3.63, 3.8) is 0 Å². The number of aliphatic carboxylic acids is 1. The maximum Gasteiger partial charge on any atom is 0.314 e. The van der Waals surface area contributed by atoms with Gasteiger partial charge in [0.25, 0.3) is 0 Å². The van der Waals surface area contributed by atoms with Crippen LogP contribution >= 0.6 is 0 Å². The summed E-state index contributed by atoms with van der Waals surface area (Å²) in [5.41, 5.74) is -0.00229. The minimum Gasteiger partial charge on any atom is -0.481 e. The molecule has 1 aliphatic rings. The summed E-state index contributed by atoms with van der Waals surface area (Å²) in [5, 5.41) is 18.3. The molecule has 0 bridgehead atoms. The molecule has 3 atom stereocenters. The van der Waals surface area contributed by atoms with Crippen LogP contribution in [-0.4, -0.2) is 36.5 Å². The Kier molecular flexibility index (Phi) is 4.43. The highest BCUT2D eigenvalue weighted by molar-refractivity contribution is 7.92. The lowest BCUT2D eigenvalue weighted by molar-refractivity contribution is -0.145. The van der Waals surface area contributed by atoms with Gasteiger partial charge in [-0.2, -0.15) is 0 Å². The Bertz CT molecular complexity index is 874. The predicted molar refractivity (Wildman–Crippen MR) is 93.1 cm³/mol. The molecule has 2 N–H and O–H groups in total. The van der Waals surface area contributed by atoms with Gasteiger partial charge in [-0.3, -0.25) is 4.79 Å². The average Bonchev–Trinajstić information content (AvgIpc) is 3.34. The van der Waals surface area contributed by atoms with Crippen molar-refractivity contribution in [1.29, 1.82) is 0 Å². The summed E-state index contributed by atoms with van der Waals surface area (Å²) in [6, 6.07) is 15.1. The zero-order valence-electron chi connectivity index (χ0n) is 13.8. The number of carbonyl (C=O) groups is 1. The molecule has 1 fully saturated rings. The monoisotopic (exact) mass is 360 g/mol. The second kappa shape index (κ2) is 6.28. The number of hydrogen-bond acceptors (Lipinski definition) is 4. The Hall–Kier alpha value is -2.18. The van der Waals surface area contributed by atoms with E-state index in [4.69, 9.17) is 0 Å². The number of rotatable bonds is 6. The molecule has 2 aromatic carbocycles. The largest absolute Gasteiger partial charge is 0.481 e. The highest BCUT2D eigenvalue weighted by atomic mass is 32.2. The van der Waals surface area contributed by atoms with E-state index in [1.165, 1.54) is 12.1 Å². The molecule has 0 aromatic heterocycles. The Labute approximate surface area is 146 Å². The average molecular weight is 360 g/mol. The Morgan fingerprint density at radius 3 is 2.16 bits per heavy atom.